The number of ether oxygens (including phenoxy) is 1. The second-order valence-electron chi connectivity index (χ2n) is 4.66. The number of pyridine rings is 1. The monoisotopic (exact) mass is 236 g/mol. The molecule has 0 fully saturated rings. The van der Waals surface area contributed by atoms with E-state index < -0.39 is 0 Å². The maximum atomic E-state index is 9.11. The van der Waals surface area contributed by atoms with Crippen molar-refractivity contribution in [3.05, 3.63) is 27.5 Å². The highest BCUT2D eigenvalue weighted by Crippen LogP contribution is 2.34. The van der Waals surface area contributed by atoms with Gasteiger partial charge in [0.1, 0.15) is 11.2 Å². The molecule has 2 rings (SSSR count). The molecule has 0 atom stereocenters. The summed E-state index contributed by atoms with van der Waals surface area (Å²) < 4.78 is 5.71. The van der Waals surface area contributed by atoms with Gasteiger partial charge in [0.05, 0.1) is 23.5 Å². The number of hydrogen-bond donors (Lipinski definition) is 0. The van der Waals surface area contributed by atoms with E-state index in [4.69, 9.17) is 21.6 Å². The highest BCUT2D eigenvalue weighted by molar-refractivity contribution is 6.30. The minimum atomic E-state index is -0.236. The number of fused-ring (bicyclic) bond motifs is 1. The molecule has 0 aliphatic carbocycles. The Hall–Kier alpha value is -1.11. The molecule has 0 aromatic carbocycles. The molecule has 0 spiro atoms. The van der Waals surface area contributed by atoms with Gasteiger partial charge < -0.3 is 4.74 Å². The second kappa shape index (κ2) is 3.73. The fraction of sp³-hybridized carbons (Fsp3) is 0.500. The van der Waals surface area contributed by atoms with Crippen molar-refractivity contribution < 1.29 is 4.74 Å². The number of hydrogen-bond acceptors (Lipinski definition) is 3. The van der Waals surface area contributed by atoms with Gasteiger partial charge in [0.15, 0.2) is 0 Å². The fourth-order valence-corrected chi connectivity index (χ4v) is 2.30. The van der Waals surface area contributed by atoms with Gasteiger partial charge in [0.25, 0.3) is 0 Å². The summed E-state index contributed by atoms with van der Waals surface area (Å²) in [6, 6.07) is 2.18. The summed E-state index contributed by atoms with van der Waals surface area (Å²) in [4.78, 5) is 4.21. The average molecular weight is 237 g/mol. The third-order valence-corrected chi connectivity index (χ3v) is 3.18. The standard InChI is InChI=1S/C12H13ClN2O/c1-7-9(5-14)10-6-16-12(2,3)4-8(10)11(13)15-7/h4,6H2,1-3H3. The van der Waals surface area contributed by atoms with Crippen molar-refractivity contribution in [2.24, 2.45) is 0 Å². The summed E-state index contributed by atoms with van der Waals surface area (Å²) in [5, 5.41) is 9.61. The van der Waals surface area contributed by atoms with E-state index in [-0.39, 0.29) is 5.60 Å². The van der Waals surface area contributed by atoms with Crippen LogP contribution >= 0.6 is 11.6 Å². The summed E-state index contributed by atoms with van der Waals surface area (Å²) in [5.74, 6) is 0. The van der Waals surface area contributed by atoms with Crippen molar-refractivity contribution >= 4 is 11.6 Å². The zero-order valence-electron chi connectivity index (χ0n) is 9.59. The average Bonchev–Trinajstić information content (AvgIpc) is 2.19. The Balaban J connectivity index is 2.63. The molecule has 3 nitrogen and oxygen atoms in total. The molecule has 1 aromatic heterocycles. The normalized spacial score (nSPS) is 17.7. The van der Waals surface area contributed by atoms with Gasteiger partial charge in [-0.05, 0) is 26.3 Å². The van der Waals surface area contributed by atoms with Crippen LogP contribution in [0.5, 0.6) is 0 Å². The van der Waals surface area contributed by atoms with Crippen molar-refractivity contribution in [3.8, 4) is 6.07 Å². The zero-order chi connectivity index (χ0) is 11.9. The summed E-state index contributed by atoms with van der Waals surface area (Å²) in [7, 11) is 0. The molecule has 0 amide bonds. The number of halogens is 1. The maximum Gasteiger partial charge on any atom is 0.133 e. The first-order valence-electron chi connectivity index (χ1n) is 5.16. The van der Waals surface area contributed by atoms with E-state index in [0.717, 1.165) is 11.1 Å². The Kier molecular flexibility index (Phi) is 2.65. The predicted molar refractivity (Wildman–Crippen MR) is 61.3 cm³/mol. The third kappa shape index (κ3) is 1.79. The Morgan fingerprint density at radius 3 is 2.75 bits per heavy atom. The number of rotatable bonds is 0. The smallest absolute Gasteiger partial charge is 0.133 e. The van der Waals surface area contributed by atoms with E-state index >= 15 is 0 Å². The lowest BCUT2D eigenvalue weighted by Crippen LogP contribution is -2.33. The number of aryl methyl sites for hydroxylation is 1. The van der Waals surface area contributed by atoms with Gasteiger partial charge in [0, 0.05) is 12.0 Å². The minimum Gasteiger partial charge on any atom is -0.370 e. The molecule has 0 unspecified atom stereocenters. The first-order chi connectivity index (χ1) is 7.44. The molecule has 84 valence electrons. The SMILES string of the molecule is Cc1nc(Cl)c2c(c1C#N)COC(C)(C)C2. The first kappa shape index (κ1) is 11.4. The topological polar surface area (TPSA) is 45.9 Å². The summed E-state index contributed by atoms with van der Waals surface area (Å²) in [6.07, 6.45) is 0.698. The van der Waals surface area contributed by atoms with Gasteiger partial charge in [-0.25, -0.2) is 4.98 Å². The lowest BCUT2D eigenvalue weighted by atomic mass is 9.90. The predicted octanol–water partition coefficient (Wildman–Crippen LogP) is 2.77. The highest BCUT2D eigenvalue weighted by Gasteiger charge is 2.30. The summed E-state index contributed by atoms with van der Waals surface area (Å²) in [5.41, 5.74) is 2.91. The lowest BCUT2D eigenvalue weighted by Gasteiger charge is -2.32. The molecule has 2 heterocycles. The Bertz CT molecular complexity index is 489. The van der Waals surface area contributed by atoms with Crippen LogP contribution in [0.15, 0.2) is 0 Å². The molecule has 0 saturated heterocycles. The summed E-state index contributed by atoms with van der Waals surface area (Å²) >= 11 is 6.13. The van der Waals surface area contributed by atoms with Gasteiger partial charge in [-0.2, -0.15) is 5.26 Å². The quantitative estimate of drug-likeness (QED) is 0.651. The first-order valence-corrected chi connectivity index (χ1v) is 5.54. The van der Waals surface area contributed by atoms with Crippen LogP contribution in [0.25, 0.3) is 0 Å². The molecular formula is C12H13ClN2O. The molecule has 0 saturated carbocycles. The highest BCUT2D eigenvalue weighted by atomic mass is 35.5. The third-order valence-electron chi connectivity index (χ3n) is 2.86. The van der Waals surface area contributed by atoms with Crippen molar-refractivity contribution in [3.63, 3.8) is 0 Å². The van der Waals surface area contributed by atoms with Crippen molar-refractivity contribution in [1.29, 1.82) is 5.26 Å². The van der Waals surface area contributed by atoms with Crippen molar-refractivity contribution in [1.82, 2.24) is 4.98 Å². The Labute approximate surface area is 100 Å². The molecule has 16 heavy (non-hydrogen) atoms. The number of nitriles is 1. The van der Waals surface area contributed by atoms with E-state index in [0.29, 0.717) is 29.4 Å². The minimum absolute atomic E-state index is 0.236. The van der Waals surface area contributed by atoms with E-state index in [1.807, 2.05) is 13.8 Å². The van der Waals surface area contributed by atoms with Crippen LogP contribution in [0, 0.1) is 18.3 Å². The van der Waals surface area contributed by atoms with E-state index in [9.17, 15) is 0 Å². The fourth-order valence-electron chi connectivity index (χ4n) is 2.00. The van der Waals surface area contributed by atoms with Gasteiger partial charge >= 0.3 is 0 Å². The summed E-state index contributed by atoms with van der Waals surface area (Å²) in [6.45, 7) is 6.26. The van der Waals surface area contributed by atoms with Crippen LogP contribution < -0.4 is 0 Å². The lowest BCUT2D eigenvalue weighted by molar-refractivity contribution is -0.0403. The molecule has 0 bridgehead atoms. The van der Waals surface area contributed by atoms with Crippen LogP contribution in [0.2, 0.25) is 5.15 Å². The Morgan fingerprint density at radius 2 is 2.12 bits per heavy atom. The van der Waals surface area contributed by atoms with E-state index in [2.05, 4.69) is 11.1 Å². The molecule has 4 heteroatoms. The van der Waals surface area contributed by atoms with Crippen molar-refractivity contribution in [2.75, 3.05) is 0 Å². The molecule has 1 aliphatic rings. The molecule has 1 aliphatic heterocycles. The van der Waals surface area contributed by atoms with Crippen LogP contribution in [-0.2, 0) is 17.8 Å². The number of nitrogens with zero attached hydrogens (tertiary/aromatic N) is 2. The second-order valence-corrected chi connectivity index (χ2v) is 5.02. The molecule has 0 radical (unpaired) electrons. The maximum absolute atomic E-state index is 9.11. The van der Waals surface area contributed by atoms with Crippen LogP contribution in [0.3, 0.4) is 0 Å². The molecule has 0 N–H and O–H groups in total. The zero-order valence-corrected chi connectivity index (χ0v) is 10.4. The van der Waals surface area contributed by atoms with E-state index in [1.54, 1.807) is 6.92 Å². The van der Waals surface area contributed by atoms with Gasteiger partial charge in [0.2, 0.25) is 0 Å². The van der Waals surface area contributed by atoms with Crippen LogP contribution in [0.1, 0.15) is 36.2 Å². The van der Waals surface area contributed by atoms with Crippen LogP contribution in [0.4, 0.5) is 0 Å². The number of aromatic nitrogens is 1. The molecule has 1 aromatic rings. The van der Waals surface area contributed by atoms with E-state index in [1.165, 1.54) is 0 Å². The van der Waals surface area contributed by atoms with Crippen molar-refractivity contribution in [2.45, 2.75) is 39.4 Å². The molecular weight excluding hydrogens is 224 g/mol. The van der Waals surface area contributed by atoms with Gasteiger partial charge in [-0.15, -0.1) is 0 Å². The Morgan fingerprint density at radius 1 is 1.44 bits per heavy atom. The van der Waals surface area contributed by atoms with Crippen LogP contribution in [-0.4, -0.2) is 10.6 Å². The van der Waals surface area contributed by atoms with Gasteiger partial charge in [-0.1, -0.05) is 11.6 Å². The van der Waals surface area contributed by atoms with Gasteiger partial charge in [-0.3, -0.25) is 0 Å². The largest absolute Gasteiger partial charge is 0.370 e.